The summed E-state index contributed by atoms with van der Waals surface area (Å²) in [6, 6.07) is 3.00. The maximum atomic E-state index is 12.7. The average Bonchev–Trinajstić information content (AvgIpc) is 3.13. The number of methoxy groups -OCH3 is 1. The van der Waals surface area contributed by atoms with Gasteiger partial charge in [0.2, 0.25) is 0 Å². The van der Waals surface area contributed by atoms with Gasteiger partial charge in [0.15, 0.2) is 5.76 Å². The Balaban J connectivity index is 2.13. The van der Waals surface area contributed by atoms with Crippen LogP contribution in [0.25, 0.3) is 0 Å². The van der Waals surface area contributed by atoms with E-state index in [1.54, 1.807) is 24.1 Å². The van der Waals surface area contributed by atoms with E-state index in [2.05, 4.69) is 4.72 Å². The van der Waals surface area contributed by atoms with Crippen LogP contribution in [0.1, 0.15) is 30.2 Å². The van der Waals surface area contributed by atoms with Gasteiger partial charge in [-0.2, -0.15) is 17.4 Å². The third-order valence-electron chi connectivity index (χ3n) is 4.45. The second-order valence-corrected chi connectivity index (χ2v) is 8.74. The minimum absolute atomic E-state index is 0.0343. The number of nitrogens with one attached hydrogen (secondary N) is 1. The van der Waals surface area contributed by atoms with Gasteiger partial charge in [0.25, 0.3) is 16.1 Å². The molecule has 1 N–H and O–H groups in total. The molecule has 0 spiro atoms. The number of hydrogen-bond acceptors (Lipinski definition) is 5. The van der Waals surface area contributed by atoms with Crippen molar-refractivity contribution in [3.05, 3.63) is 23.7 Å². The lowest BCUT2D eigenvalue weighted by Gasteiger charge is -2.24. The van der Waals surface area contributed by atoms with Crippen molar-refractivity contribution in [3.8, 4) is 0 Å². The third kappa shape index (κ3) is 4.60. The zero-order valence-electron chi connectivity index (χ0n) is 15.4. The Labute approximate surface area is 149 Å². The molecule has 2 heterocycles. The van der Waals surface area contributed by atoms with E-state index in [0.717, 1.165) is 4.31 Å². The molecular formula is C16H27N3O5S. The maximum Gasteiger partial charge on any atom is 0.289 e. The summed E-state index contributed by atoms with van der Waals surface area (Å²) < 4.78 is 38.6. The van der Waals surface area contributed by atoms with Crippen molar-refractivity contribution in [3.63, 3.8) is 0 Å². The normalized spacial score (nSPS) is 21.5. The lowest BCUT2D eigenvalue weighted by Crippen LogP contribution is -2.46. The van der Waals surface area contributed by atoms with Gasteiger partial charge in [-0.15, -0.1) is 0 Å². The molecule has 0 bridgehead atoms. The van der Waals surface area contributed by atoms with Crippen LogP contribution in [0.2, 0.25) is 0 Å². The number of carbonyl (C=O) groups is 1. The Morgan fingerprint density at radius 2 is 2.08 bits per heavy atom. The van der Waals surface area contributed by atoms with Gasteiger partial charge >= 0.3 is 0 Å². The number of likely N-dealkylation sites (tertiary alicyclic amines) is 1. The van der Waals surface area contributed by atoms with E-state index in [1.165, 1.54) is 14.1 Å². The van der Waals surface area contributed by atoms with Gasteiger partial charge in [-0.25, -0.2) is 0 Å². The highest BCUT2D eigenvalue weighted by Crippen LogP contribution is 2.27. The number of nitrogens with zero attached hydrogens (tertiary/aromatic N) is 2. The predicted molar refractivity (Wildman–Crippen MR) is 93.2 cm³/mol. The average molecular weight is 373 g/mol. The van der Waals surface area contributed by atoms with Crippen molar-refractivity contribution in [1.82, 2.24) is 13.9 Å². The summed E-state index contributed by atoms with van der Waals surface area (Å²) in [5, 5.41) is 0. The van der Waals surface area contributed by atoms with Crippen molar-refractivity contribution < 1.29 is 22.4 Å². The molecule has 0 aromatic carbocycles. The second-order valence-electron chi connectivity index (χ2n) is 6.83. The summed E-state index contributed by atoms with van der Waals surface area (Å²) >= 11 is 0. The van der Waals surface area contributed by atoms with Crippen LogP contribution in [0.3, 0.4) is 0 Å². The molecule has 1 amide bonds. The van der Waals surface area contributed by atoms with Gasteiger partial charge in [0.05, 0.1) is 0 Å². The molecule has 0 radical (unpaired) electrons. The highest BCUT2D eigenvalue weighted by Gasteiger charge is 2.40. The first kappa shape index (κ1) is 19.9. The highest BCUT2D eigenvalue weighted by atomic mass is 32.2. The summed E-state index contributed by atoms with van der Waals surface area (Å²) in [5.74, 6) is 0.848. The van der Waals surface area contributed by atoms with E-state index in [9.17, 15) is 13.2 Å². The van der Waals surface area contributed by atoms with E-state index < -0.39 is 10.2 Å². The first-order valence-electron chi connectivity index (χ1n) is 8.22. The number of furan rings is 1. The molecule has 1 aromatic heterocycles. The van der Waals surface area contributed by atoms with E-state index in [1.807, 2.05) is 13.8 Å². The van der Waals surface area contributed by atoms with Gasteiger partial charge in [0, 0.05) is 40.3 Å². The smallest absolute Gasteiger partial charge is 0.289 e. The fourth-order valence-electron chi connectivity index (χ4n) is 2.96. The molecule has 1 saturated heterocycles. The topological polar surface area (TPSA) is 92.1 Å². The van der Waals surface area contributed by atoms with Crippen LogP contribution in [0.5, 0.6) is 0 Å². The van der Waals surface area contributed by atoms with Crippen LogP contribution in [-0.2, 0) is 21.6 Å². The predicted octanol–water partition coefficient (Wildman–Crippen LogP) is 0.919. The summed E-state index contributed by atoms with van der Waals surface area (Å²) in [5.41, 5.74) is 0. The number of carbonyl (C=O) groups excluding carboxylic acids is 1. The maximum absolute atomic E-state index is 12.7. The van der Waals surface area contributed by atoms with Crippen LogP contribution >= 0.6 is 0 Å². The Hall–Kier alpha value is -1.42. The Kier molecular flexibility index (Phi) is 6.26. The summed E-state index contributed by atoms with van der Waals surface area (Å²) in [6.45, 7) is 5.15. The lowest BCUT2D eigenvalue weighted by molar-refractivity contribution is 0.0743. The van der Waals surface area contributed by atoms with Gasteiger partial charge in [-0.3, -0.25) is 4.79 Å². The molecule has 2 atom stereocenters. The van der Waals surface area contributed by atoms with E-state index in [-0.39, 0.29) is 29.5 Å². The Morgan fingerprint density at radius 1 is 1.40 bits per heavy atom. The van der Waals surface area contributed by atoms with E-state index in [4.69, 9.17) is 9.15 Å². The number of ether oxygens (including phenoxy) is 1. The van der Waals surface area contributed by atoms with Crippen LogP contribution in [0, 0.1) is 11.8 Å². The Morgan fingerprint density at radius 3 is 2.64 bits per heavy atom. The van der Waals surface area contributed by atoms with Crippen molar-refractivity contribution in [1.29, 1.82) is 0 Å². The molecule has 25 heavy (non-hydrogen) atoms. The first-order valence-corrected chi connectivity index (χ1v) is 9.66. The summed E-state index contributed by atoms with van der Waals surface area (Å²) in [4.78, 5) is 14.3. The molecule has 1 aliphatic heterocycles. The lowest BCUT2D eigenvalue weighted by atomic mass is 9.92. The van der Waals surface area contributed by atoms with Crippen molar-refractivity contribution in [2.45, 2.75) is 26.5 Å². The largest absolute Gasteiger partial charge is 0.453 e. The van der Waals surface area contributed by atoms with Gasteiger partial charge in [-0.1, -0.05) is 13.8 Å². The first-order chi connectivity index (χ1) is 11.7. The van der Waals surface area contributed by atoms with Gasteiger partial charge in [-0.05, 0) is 24.0 Å². The van der Waals surface area contributed by atoms with Crippen LogP contribution in [0.15, 0.2) is 16.5 Å². The zero-order chi connectivity index (χ0) is 18.8. The molecular weight excluding hydrogens is 346 g/mol. The van der Waals surface area contributed by atoms with Crippen LogP contribution < -0.4 is 4.72 Å². The van der Waals surface area contributed by atoms with Crippen LogP contribution in [-0.4, -0.2) is 63.9 Å². The quantitative estimate of drug-likeness (QED) is 0.767. The fraction of sp³-hybridized carbons (Fsp3) is 0.688. The van der Waals surface area contributed by atoms with Crippen molar-refractivity contribution in [2.75, 3.05) is 34.3 Å². The van der Waals surface area contributed by atoms with Gasteiger partial charge < -0.3 is 14.1 Å². The van der Waals surface area contributed by atoms with E-state index >= 15 is 0 Å². The zero-order valence-corrected chi connectivity index (χ0v) is 16.2. The highest BCUT2D eigenvalue weighted by molar-refractivity contribution is 7.87. The second kappa shape index (κ2) is 7.86. The van der Waals surface area contributed by atoms with Crippen molar-refractivity contribution >= 4 is 16.1 Å². The SMILES string of the molecule is COCc1ccc(C(=O)N2CC(NS(=O)(=O)N(C)C)C(C(C)C)C2)o1. The molecule has 2 rings (SSSR count). The number of hydrogen-bond donors (Lipinski definition) is 1. The minimum Gasteiger partial charge on any atom is -0.453 e. The fourth-order valence-corrected chi connectivity index (χ4v) is 3.80. The molecule has 0 saturated carbocycles. The Bertz CT molecular complexity index is 698. The number of amides is 1. The summed E-state index contributed by atoms with van der Waals surface area (Å²) in [6.07, 6.45) is 0. The third-order valence-corrected chi connectivity index (χ3v) is 6.01. The molecule has 1 aliphatic rings. The van der Waals surface area contributed by atoms with Crippen molar-refractivity contribution in [2.24, 2.45) is 11.8 Å². The minimum atomic E-state index is -3.56. The monoisotopic (exact) mass is 373 g/mol. The molecule has 1 aromatic rings. The van der Waals surface area contributed by atoms with Gasteiger partial charge in [0.1, 0.15) is 12.4 Å². The van der Waals surface area contributed by atoms with E-state index in [0.29, 0.717) is 25.5 Å². The summed E-state index contributed by atoms with van der Waals surface area (Å²) in [7, 11) is 0.949. The standard InChI is InChI=1S/C16H27N3O5S/c1-11(2)13-8-19(9-14(13)17-25(21,22)18(3)4)16(20)15-7-6-12(24-15)10-23-5/h6-7,11,13-14,17H,8-10H2,1-5H3. The molecule has 2 unspecified atom stereocenters. The molecule has 1 fully saturated rings. The molecule has 0 aliphatic carbocycles. The molecule has 9 heteroatoms. The molecule has 8 nitrogen and oxygen atoms in total. The number of rotatable bonds is 7. The van der Waals surface area contributed by atoms with Crippen LogP contribution in [0.4, 0.5) is 0 Å². The molecule has 142 valence electrons.